The van der Waals surface area contributed by atoms with E-state index in [-0.39, 0.29) is 0 Å². The third kappa shape index (κ3) is 4.00. The molecule has 0 aliphatic heterocycles. The topological polar surface area (TPSA) is 38.0 Å². The second-order valence-electron chi connectivity index (χ2n) is 5.56. The monoisotopic (exact) mass is 250 g/mol. The Morgan fingerprint density at radius 1 is 1.35 bits per heavy atom. The predicted molar refractivity (Wildman–Crippen MR) is 79.4 cm³/mol. The third-order valence-corrected chi connectivity index (χ3v) is 3.49. The molecule has 0 saturated carbocycles. The predicted octanol–water partition coefficient (Wildman–Crippen LogP) is 3.41. The minimum absolute atomic E-state index is 0.297. The maximum atomic E-state index is 5.70. The van der Waals surface area contributed by atoms with Gasteiger partial charge in [0.2, 0.25) is 0 Å². The summed E-state index contributed by atoms with van der Waals surface area (Å²) in [6.07, 6.45) is 0. The van der Waals surface area contributed by atoms with Gasteiger partial charge in [-0.15, -0.1) is 0 Å². The number of hydrogen-bond acceptors (Lipinski definition) is 2. The van der Waals surface area contributed by atoms with E-state index in [1.165, 1.54) is 0 Å². The highest BCUT2D eigenvalue weighted by molar-refractivity contribution is 7.80. The lowest BCUT2D eigenvalue weighted by atomic mass is 9.82. The molecule has 1 rings (SSSR count). The fraction of sp³-hybridized carbons (Fsp3) is 0.500. The van der Waals surface area contributed by atoms with Crippen LogP contribution in [0.2, 0.25) is 0 Å². The van der Waals surface area contributed by atoms with E-state index in [0.717, 1.165) is 17.8 Å². The smallest absolute Gasteiger partial charge is 0.106 e. The fourth-order valence-electron chi connectivity index (χ4n) is 1.42. The zero-order chi connectivity index (χ0) is 13.1. The van der Waals surface area contributed by atoms with Gasteiger partial charge in [-0.3, -0.25) is 0 Å². The van der Waals surface area contributed by atoms with Gasteiger partial charge in [0.05, 0.1) is 0 Å². The van der Waals surface area contributed by atoms with E-state index in [9.17, 15) is 0 Å². The molecule has 0 fully saturated rings. The molecule has 0 bridgehead atoms. The van der Waals surface area contributed by atoms with E-state index in [4.69, 9.17) is 18.0 Å². The molecule has 94 valence electrons. The van der Waals surface area contributed by atoms with Crippen molar-refractivity contribution in [3.05, 3.63) is 29.8 Å². The summed E-state index contributed by atoms with van der Waals surface area (Å²) in [5.41, 5.74) is 7.94. The Labute approximate surface area is 110 Å². The first-order chi connectivity index (χ1) is 7.82. The van der Waals surface area contributed by atoms with Gasteiger partial charge in [0.1, 0.15) is 4.99 Å². The standard InChI is InChI=1S/C14H22N2S/c1-10(14(2,3)4)9-16-12-8-6-5-7-11(12)13(15)17/h5-8,10,16H,9H2,1-4H3,(H2,15,17). The van der Waals surface area contributed by atoms with Crippen LogP contribution in [0.3, 0.4) is 0 Å². The van der Waals surface area contributed by atoms with Crippen molar-refractivity contribution in [3.8, 4) is 0 Å². The van der Waals surface area contributed by atoms with E-state index in [0.29, 0.717) is 16.3 Å². The highest BCUT2D eigenvalue weighted by Gasteiger charge is 2.19. The molecule has 3 heteroatoms. The maximum absolute atomic E-state index is 5.70. The van der Waals surface area contributed by atoms with Crippen molar-refractivity contribution in [3.63, 3.8) is 0 Å². The van der Waals surface area contributed by atoms with E-state index >= 15 is 0 Å². The van der Waals surface area contributed by atoms with Crippen LogP contribution in [0.25, 0.3) is 0 Å². The Hall–Kier alpha value is -1.09. The number of rotatable bonds is 4. The minimum atomic E-state index is 0.297. The Morgan fingerprint density at radius 2 is 1.94 bits per heavy atom. The third-order valence-electron chi connectivity index (χ3n) is 3.27. The highest BCUT2D eigenvalue weighted by atomic mass is 32.1. The maximum Gasteiger partial charge on any atom is 0.106 e. The molecule has 0 radical (unpaired) electrons. The largest absolute Gasteiger partial charge is 0.389 e. The normalized spacial score (nSPS) is 13.2. The second-order valence-corrected chi connectivity index (χ2v) is 6.00. The molecule has 0 saturated heterocycles. The van der Waals surface area contributed by atoms with Crippen LogP contribution in [0.5, 0.6) is 0 Å². The molecule has 0 aliphatic rings. The van der Waals surface area contributed by atoms with Crippen molar-refractivity contribution in [2.24, 2.45) is 17.1 Å². The van der Waals surface area contributed by atoms with E-state index in [2.05, 4.69) is 33.0 Å². The Kier molecular flexibility index (Phi) is 4.52. The van der Waals surface area contributed by atoms with Crippen molar-refractivity contribution in [2.75, 3.05) is 11.9 Å². The van der Waals surface area contributed by atoms with E-state index < -0.39 is 0 Å². The van der Waals surface area contributed by atoms with Crippen LogP contribution in [-0.2, 0) is 0 Å². The molecule has 1 unspecified atom stereocenters. The molecule has 0 heterocycles. The molecule has 1 atom stereocenters. The Balaban J connectivity index is 2.73. The van der Waals surface area contributed by atoms with Crippen molar-refractivity contribution >= 4 is 22.9 Å². The molecule has 1 aromatic rings. The van der Waals surface area contributed by atoms with Gasteiger partial charge in [-0.1, -0.05) is 52.0 Å². The summed E-state index contributed by atoms with van der Waals surface area (Å²) in [5.74, 6) is 0.571. The molecular formula is C14H22N2S. The minimum Gasteiger partial charge on any atom is -0.389 e. The van der Waals surface area contributed by atoms with Crippen LogP contribution in [-0.4, -0.2) is 11.5 Å². The second kappa shape index (κ2) is 5.50. The summed E-state index contributed by atoms with van der Waals surface area (Å²) >= 11 is 5.04. The molecule has 2 nitrogen and oxygen atoms in total. The lowest BCUT2D eigenvalue weighted by molar-refractivity contribution is 0.274. The number of hydrogen-bond donors (Lipinski definition) is 2. The highest BCUT2D eigenvalue weighted by Crippen LogP contribution is 2.26. The van der Waals surface area contributed by atoms with Gasteiger partial charge in [-0.05, 0) is 23.5 Å². The lowest BCUT2D eigenvalue weighted by Gasteiger charge is -2.28. The molecule has 0 aromatic heterocycles. The summed E-state index contributed by atoms with van der Waals surface area (Å²) in [6.45, 7) is 9.91. The van der Waals surface area contributed by atoms with Gasteiger partial charge in [0.15, 0.2) is 0 Å². The quantitative estimate of drug-likeness (QED) is 0.804. The fourth-order valence-corrected chi connectivity index (χ4v) is 1.60. The van der Waals surface area contributed by atoms with Crippen LogP contribution < -0.4 is 11.1 Å². The molecular weight excluding hydrogens is 228 g/mol. The Bertz CT molecular complexity index is 393. The summed E-state index contributed by atoms with van der Waals surface area (Å²) in [7, 11) is 0. The number of anilines is 1. The van der Waals surface area contributed by atoms with Crippen LogP contribution in [0.4, 0.5) is 5.69 Å². The van der Waals surface area contributed by atoms with Gasteiger partial charge in [0, 0.05) is 17.8 Å². The summed E-state index contributed by atoms with van der Waals surface area (Å²) in [6, 6.07) is 7.91. The number of thiocarbonyl (C=S) groups is 1. The first-order valence-corrected chi connectivity index (χ1v) is 6.36. The summed E-state index contributed by atoms with van der Waals surface area (Å²) in [4.78, 5) is 0.441. The number of para-hydroxylation sites is 1. The van der Waals surface area contributed by atoms with Crippen molar-refractivity contribution in [1.82, 2.24) is 0 Å². The number of benzene rings is 1. The van der Waals surface area contributed by atoms with E-state index in [1.54, 1.807) is 0 Å². The van der Waals surface area contributed by atoms with Crippen molar-refractivity contribution in [1.29, 1.82) is 0 Å². The van der Waals surface area contributed by atoms with Gasteiger partial charge < -0.3 is 11.1 Å². The van der Waals surface area contributed by atoms with Gasteiger partial charge in [-0.25, -0.2) is 0 Å². The van der Waals surface area contributed by atoms with Crippen LogP contribution in [0.1, 0.15) is 33.3 Å². The Morgan fingerprint density at radius 3 is 2.47 bits per heavy atom. The molecule has 0 amide bonds. The van der Waals surface area contributed by atoms with Gasteiger partial charge in [-0.2, -0.15) is 0 Å². The van der Waals surface area contributed by atoms with Crippen molar-refractivity contribution in [2.45, 2.75) is 27.7 Å². The summed E-state index contributed by atoms with van der Waals surface area (Å²) in [5, 5.41) is 3.43. The summed E-state index contributed by atoms with van der Waals surface area (Å²) < 4.78 is 0. The van der Waals surface area contributed by atoms with E-state index in [1.807, 2.05) is 24.3 Å². The van der Waals surface area contributed by atoms with Gasteiger partial charge >= 0.3 is 0 Å². The number of nitrogens with two attached hydrogens (primary N) is 1. The molecule has 1 aromatic carbocycles. The first kappa shape index (κ1) is 14.0. The molecule has 17 heavy (non-hydrogen) atoms. The molecule has 0 spiro atoms. The van der Waals surface area contributed by atoms with Crippen molar-refractivity contribution < 1.29 is 0 Å². The average molecular weight is 250 g/mol. The van der Waals surface area contributed by atoms with Crippen LogP contribution in [0.15, 0.2) is 24.3 Å². The number of nitrogens with one attached hydrogen (secondary N) is 1. The van der Waals surface area contributed by atoms with Crippen LogP contribution in [0, 0.1) is 11.3 Å². The van der Waals surface area contributed by atoms with Crippen LogP contribution >= 0.6 is 12.2 Å². The molecule has 3 N–H and O–H groups in total. The van der Waals surface area contributed by atoms with Gasteiger partial charge in [0.25, 0.3) is 0 Å². The lowest BCUT2D eigenvalue weighted by Crippen LogP contribution is -2.25. The zero-order valence-corrected chi connectivity index (χ0v) is 11.9. The first-order valence-electron chi connectivity index (χ1n) is 5.95. The average Bonchev–Trinajstić information content (AvgIpc) is 2.24. The molecule has 0 aliphatic carbocycles. The zero-order valence-electron chi connectivity index (χ0n) is 11.1. The SMILES string of the molecule is CC(CNc1ccccc1C(N)=S)C(C)(C)C.